The lowest BCUT2D eigenvalue weighted by Gasteiger charge is -2.06. The fourth-order valence-corrected chi connectivity index (χ4v) is 2.18. The number of benzene rings is 1. The number of hydrogen-bond acceptors (Lipinski definition) is 1. The van der Waals surface area contributed by atoms with Crippen LogP contribution in [0.15, 0.2) is 30.3 Å². The van der Waals surface area contributed by atoms with E-state index in [0.717, 1.165) is 5.56 Å². The molecule has 3 heteroatoms. The predicted molar refractivity (Wildman–Crippen MR) is 77.2 cm³/mol. The molecule has 2 aromatic rings. The maximum atomic E-state index is 12.1. The van der Waals surface area contributed by atoms with Crippen molar-refractivity contribution in [1.29, 1.82) is 0 Å². The predicted octanol–water partition coefficient (Wildman–Crippen LogP) is 2.88. The summed E-state index contributed by atoms with van der Waals surface area (Å²) >= 11 is 0. The van der Waals surface area contributed by atoms with Gasteiger partial charge in [0.05, 0.1) is 0 Å². The van der Waals surface area contributed by atoms with E-state index in [9.17, 15) is 4.79 Å². The fourth-order valence-electron chi connectivity index (χ4n) is 2.18. The summed E-state index contributed by atoms with van der Waals surface area (Å²) in [7, 11) is 2.04. The van der Waals surface area contributed by atoms with Crippen molar-refractivity contribution in [2.75, 3.05) is 0 Å². The van der Waals surface area contributed by atoms with Crippen molar-refractivity contribution in [2.45, 2.75) is 27.3 Å². The monoisotopic (exact) mass is 256 g/mol. The third-order valence-corrected chi connectivity index (χ3v) is 3.60. The summed E-state index contributed by atoms with van der Waals surface area (Å²) in [5, 5.41) is 2.97. The van der Waals surface area contributed by atoms with Crippen molar-refractivity contribution in [3.8, 4) is 0 Å². The van der Waals surface area contributed by atoms with Gasteiger partial charge in [0.1, 0.15) is 0 Å². The standard InChI is InChI=1S/C16H20N2O/c1-11-6-5-7-14(8-11)16(19)17-10-15-9-12(2)18(4)13(15)3/h5-9H,10H2,1-4H3,(H,17,19). The van der Waals surface area contributed by atoms with Crippen LogP contribution in [0.2, 0.25) is 0 Å². The van der Waals surface area contributed by atoms with Crippen LogP contribution in [0.1, 0.15) is 32.9 Å². The number of nitrogens with one attached hydrogen (secondary N) is 1. The summed E-state index contributed by atoms with van der Waals surface area (Å²) in [6.45, 7) is 6.70. The van der Waals surface area contributed by atoms with E-state index >= 15 is 0 Å². The van der Waals surface area contributed by atoms with Gasteiger partial charge in [-0.05, 0) is 44.5 Å². The molecule has 1 N–H and O–H groups in total. The first-order valence-corrected chi connectivity index (χ1v) is 6.45. The number of aromatic nitrogens is 1. The van der Waals surface area contributed by atoms with E-state index in [1.165, 1.54) is 17.0 Å². The molecular formula is C16H20N2O. The highest BCUT2D eigenvalue weighted by Gasteiger charge is 2.09. The summed E-state index contributed by atoms with van der Waals surface area (Å²) in [4.78, 5) is 12.1. The quantitative estimate of drug-likeness (QED) is 0.900. The van der Waals surface area contributed by atoms with E-state index < -0.39 is 0 Å². The van der Waals surface area contributed by atoms with E-state index in [1.54, 1.807) is 0 Å². The first-order valence-electron chi connectivity index (χ1n) is 6.45. The van der Waals surface area contributed by atoms with Crippen molar-refractivity contribution in [1.82, 2.24) is 9.88 Å². The van der Waals surface area contributed by atoms with E-state index in [-0.39, 0.29) is 5.91 Å². The average molecular weight is 256 g/mol. The molecule has 0 fully saturated rings. The van der Waals surface area contributed by atoms with Crippen LogP contribution in [0.3, 0.4) is 0 Å². The average Bonchev–Trinajstić information content (AvgIpc) is 2.63. The SMILES string of the molecule is Cc1cccc(C(=O)NCc2cc(C)n(C)c2C)c1. The van der Waals surface area contributed by atoms with Gasteiger partial charge in [-0.2, -0.15) is 0 Å². The summed E-state index contributed by atoms with van der Waals surface area (Å²) in [5.74, 6) is -0.0235. The topological polar surface area (TPSA) is 34.0 Å². The van der Waals surface area contributed by atoms with Crippen LogP contribution >= 0.6 is 0 Å². The Morgan fingerprint density at radius 3 is 2.53 bits per heavy atom. The minimum atomic E-state index is -0.0235. The number of nitrogens with zero attached hydrogens (tertiary/aromatic N) is 1. The number of rotatable bonds is 3. The minimum absolute atomic E-state index is 0.0235. The van der Waals surface area contributed by atoms with Crippen LogP contribution in [-0.4, -0.2) is 10.5 Å². The molecule has 0 spiro atoms. The first-order chi connectivity index (χ1) is 8.99. The highest BCUT2D eigenvalue weighted by Crippen LogP contribution is 2.13. The molecule has 1 amide bonds. The van der Waals surface area contributed by atoms with Crippen LogP contribution in [0.5, 0.6) is 0 Å². The van der Waals surface area contributed by atoms with E-state index in [1.807, 2.05) is 38.2 Å². The Hall–Kier alpha value is -2.03. The molecule has 19 heavy (non-hydrogen) atoms. The zero-order valence-corrected chi connectivity index (χ0v) is 11.9. The van der Waals surface area contributed by atoms with Crippen molar-refractivity contribution in [2.24, 2.45) is 7.05 Å². The first kappa shape index (κ1) is 13.4. The van der Waals surface area contributed by atoms with Crippen LogP contribution in [0.25, 0.3) is 0 Å². The maximum absolute atomic E-state index is 12.1. The van der Waals surface area contributed by atoms with Crippen LogP contribution in [-0.2, 0) is 13.6 Å². The van der Waals surface area contributed by atoms with E-state index in [2.05, 4.69) is 29.8 Å². The molecule has 0 aliphatic heterocycles. The number of hydrogen-bond donors (Lipinski definition) is 1. The molecular weight excluding hydrogens is 236 g/mol. The minimum Gasteiger partial charge on any atom is -0.352 e. The largest absolute Gasteiger partial charge is 0.352 e. The highest BCUT2D eigenvalue weighted by molar-refractivity contribution is 5.94. The number of amides is 1. The zero-order chi connectivity index (χ0) is 14.0. The summed E-state index contributed by atoms with van der Waals surface area (Å²) in [6, 6.07) is 9.75. The Bertz CT molecular complexity index is 611. The molecule has 100 valence electrons. The molecule has 0 bridgehead atoms. The molecule has 0 saturated carbocycles. The van der Waals surface area contributed by atoms with Crippen LogP contribution < -0.4 is 5.32 Å². The summed E-state index contributed by atoms with van der Waals surface area (Å²) in [6.07, 6.45) is 0. The summed E-state index contributed by atoms with van der Waals surface area (Å²) in [5.41, 5.74) is 5.38. The molecule has 0 aliphatic rings. The lowest BCUT2D eigenvalue weighted by molar-refractivity contribution is 0.0951. The Kier molecular flexibility index (Phi) is 3.74. The van der Waals surface area contributed by atoms with Crippen molar-refractivity contribution >= 4 is 5.91 Å². The van der Waals surface area contributed by atoms with Crippen LogP contribution in [0, 0.1) is 20.8 Å². The highest BCUT2D eigenvalue weighted by atomic mass is 16.1. The van der Waals surface area contributed by atoms with Gasteiger partial charge < -0.3 is 9.88 Å². The molecule has 1 aromatic heterocycles. The van der Waals surface area contributed by atoms with Gasteiger partial charge in [0.2, 0.25) is 0 Å². The molecule has 0 saturated heterocycles. The molecule has 2 rings (SSSR count). The van der Waals surface area contributed by atoms with Gasteiger partial charge >= 0.3 is 0 Å². The molecule has 0 atom stereocenters. The zero-order valence-electron chi connectivity index (χ0n) is 11.9. The lowest BCUT2D eigenvalue weighted by Crippen LogP contribution is -2.23. The van der Waals surface area contributed by atoms with Crippen molar-refractivity contribution < 1.29 is 4.79 Å². The molecule has 0 aliphatic carbocycles. The van der Waals surface area contributed by atoms with Crippen molar-refractivity contribution in [3.63, 3.8) is 0 Å². The molecule has 0 unspecified atom stereocenters. The van der Waals surface area contributed by atoms with Gasteiger partial charge in [-0.3, -0.25) is 4.79 Å². The molecule has 1 aromatic carbocycles. The molecule has 1 heterocycles. The van der Waals surface area contributed by atoms with Gasteiger partial charge in [-0.1, -0.05) is 17.7 Å². The van der Waals surface area contributed by atoms with Crippen molar-refractivity contribution in [3.05, 3.63) is 58.4 Å². The Balaban J connectivity index is 2.06. The van der Waals surface area contributed by atoms with Gasteiger partial charge in [-0.15, -0.1) is 0 Å². The number of carbonyl (C=O) groups is 1. The molecule has 0 radical (unpaired) electrons. The molecule has 3 nitrogen and oxygen atoms in total. The maximum Gasteiger partial charge on any atom is 0.251 e. The third-order valence-electron chi connectivity index (χ3n) is 3.60. The van der Waals surface area contributed by atoms with Gasteiger partial charge in [0.25, 0.3) is 5.91 Å². The van der Waals surface area contributed by atoms with Gasteiger partial charge in [0, 0.05) is 30.5 Å². The van der Waals surface area contributed by atoms with E-state index in [0.29, 0.717) is 12.1 Å². The second-order valence-corrected chi connectivity index (χ2v) is 5.01. The number of aryl methyl sites for hydroxylation is 2. The second-order valence-electron chi connectivity index (χ2n) is 5.01. The van der Waals surface area contributed by atoms with E-state index in [4.69, 9.17) is 0 Å². The Labute approximate surface area is 114 Å². The normalized spacial score (nSPS) is 10.5. The Morgan fingerprint density at radius 2 is 1.95 bits per heavy atom. The lowest BCUT2D eigenvalue weighted by atomic mass is 10.1. The Morgan fingerprint density at radius 1 is 1.21 bits per heavy atom. The third kappa shape index (κ3) is 2.87. The summed E-state index contributed by atoms with van der Waals surface area (Å²) < 4.78 is 2.13. The second kappa shape index (κ2) is 5.31. The van der Waals surface area contributed by atoms with Crippen LogP contribution in [0.4, 0.5) is 0 Å². The van der Waals surface area contributed by atoms with Gasteiger partial charge in [-0.25, -0.2) is 0 Å². The smallest absolute Gasteiger partial charge is 0.251 e. The fraction of sp³-hybridized carbons (Fsp3) is 0.312. The van der Waals surface area contributed by atoms with Gasteiger partial charge in [0.15, 0.2) is 0 Å². The number of carbonyl (C=O) groups excluding carboxylic acids is 1.